The third-order valence-electron chi connectivity index (χ3n) is 1.07. The molecule has 0 aliphatic heterocycles. The predicted octanol–water partition coefficient (Wildman–Crippen LogP) is 0.954. The number of hydrogen-bond donors (Lipinski definition) is 0. The molecule has 2 rings (SSSR count). The molecule has 0 unspecified atom stereocenters. The summed E-state index contributed by atoms with van der Waals surface area (Å²) < 4.78 is 3.28. The number of benzene rings is 1. The van der Waals surface area contributed by atoms with Crippen LogP contribution in [0.5, 0.6) is 0 Å². The van der Waals surface area contributed by atoms with E-state index in [-0.39, 0.29) is 0 Å². The number of fused-ring (bicyclic) bond motifs is 1. The third-order valence-corrected chi connectivity index (χ3v) is 8.97. The summed E-state index contributed by atoms with van der Waals surface area (Å²) in [6.45, 7) is 0. The van der Waals surface area contributed by atoms with Gasteiger partial charge >= 0.3 is 58.1 Å². The fraction of sp³-hybridized carbons (Fsp3) is 0. The monoisotopic (exact) mass is 236 g/mol. The van der Waals surface area contributed by atoms with Crippen LogP contribution in [0.4, 0.5) is 0 Å². The molecule has 1 heterocycles. The van der Waals surface area contributed by atoms with E-state index in [9.17, 15) is 0 Å². The van der Waals surface area contributed by atoms with Gasteiger partial charge in [0.25, 0.3) is 0 Å². The van der Waals surface area contributed by atoms with E-state index in [0.29, 0.717) is 0 Å². The van der Waals surface area contributed by atoms with Crippen LogP contribution in [0, 0.1) is 0 Å². The van der Waals surface area contributed by atoms with Crippen molar-refractivity contribution in [2.75, 3.05) is 0 Å². The van der Waals surface area contributed by atoms with Crippen LogP contribution >= 0.6 is 0 Å². The van der Waals surface area contributed by atoms with Gasteiger partial charge in [0.2, 0.25) is 0 Å². The Balaban J connectivity index is 2.88. The maximum atomic E-state index is 2.25. The molecule has 0 bridgehead atoms. The van der Waals surface area contributed by atoms with Crippen LogP contribution in [0.15, 0.2) is 24.3 Å². The normalized spacial score (nSPS) is 10.5. The molecule has 0 N–H and O–H groups in total. The van der Waals surface area contributed by atoms with Crippen LogP contribution < -0.4 is 0 Å². The standard InChI is InChI=1S/C6H4Se2/c1-2-4-6-5(3-1)7-8-6/h1-4H. The first-order valence-electron chi connectivity index (χ1n) is 2.40. The molecule has 0 radical (unpaired) electrons. The van der Waals surface area contributed by atoms with E-state index in [1.54, 1.807) is 8.52 Å². The van der Waals surface area contributed by atoms with Gasteiger partial charge in [-0.3, -0.25) is 0 Å². The second-order valence-corrected chi connectivity index (χ2v) is 7.79. The quantitative estimate of drug-likeness (QED) is 0.595. The summed E-state index contributed by atoms with van der Waals surface area (Å²) in [6, 6.07) is 8.77. The summed E-state index contributed by atoms with van der Waals surface area (Å²) in [5, 5.41) is 0. The van der Waals surface area contributed by atoms with E-state index in [2.05, 4.69) is 24.3 Å². The minimum atomic E-state index is 0.892. The van der Waals surface area contributed by atoms with Crippen molar-refractivity contribution in [3.8, 4) is 0 Å². The first-order valence-corrected chi connectivity index (χ1v) is 8.45. The van der Waals surface area contributed by atoms with Crippen LogP contribution in [0.25, 0.3) is 8.52 Å². The van der Waals surface area contributed by atoms with E-state index < -0.39 is 0 Å². The van der Waals surface area contributed by atoms with Gasteiger partial charge in [-0.1, -0.05) is 0 Å². The molecule has 0 spiro atoms. The summed E-state index contributed by atoms with van der Waals surface area (Å²) in [5.41, 5.74) is 0. The van der Waals surface area contributed by atoms with Crippen molar-refractivity contribution in [3.63, 3.8) is 0 Å². The van der Waals surface area contributed by atoms with Crippen molar-refractivity contribution in [1.82, 2.24) is 0 Å². The van der Waals surface area contributed by atoms with E-state index in [4.69, 9.17) is 0 Å². The van der Waals surface area contributed by atoms with Crippen LogP contribution in [0.2, 0.25) is 0 Å². The van der Waals surface area contributed by atoms with Gasteiger partial charge in [0.05, 0.1) is 0 Å². The molecular weight excluding hydrogens is 230 g/mol. The zero-order valence-corrected chi connectivity index (χ0v) is 7.55. The molecule has 0 nitrogen and oxygen atoms in total. The maximum absolute atomic E-state index is 2.25. The molecular formula is C6H4Se2. The molecule has 1 aromatic carbocycles. The third kappa shape index (κ3) is 0.655. The summed E-state index contributed by atoms with van der Waals surface area (Å²) in [5.74, 6) is 0. The van der Waals surface area contributed by atoms with E-state index in [1.165, 1.54) is 0 Å². The van der Waals surface area contributed by atoms with Gasteiger partial charge in [-0.05, 0) is 0 Å². The van der Waals surface area contributed by atoms with Crippen molar-refractivity contribution in [2.24, 2.45) is 0 Å². The Morgan fingerprint density at radius 1 is 0.875 bits per heavy atom. The molecule has 0 aliphatic rings. The van der Waals surface area contributed by atoms with Crippen molar-refractivity contribution >= 4 is 33.8 Å². The molecule has 0 saturated carbocycles. The molecule has 2 aromatic rings. The Morgan fingerprint density at radius 3 is 1.62 bits per heavy atom. The Bertz CT molecular complexity index is 249. The summed E-state index contributed by atoms with van der Waals surface area (Å²) in [7, 11) is 0. The fourth-order valence-corrected chi connectivity index (χ4v) is 6.29. The van der Waals surface area contributed by atoms with E-state index >= 15 is 0 Å². The molecule has 8 heavy (non-hydrogen) atoms. The van der Waals surface area contributed by atoms with Crippen LogP contribution in [-0.4, -0.2) is 25.3 Å². The number of rotatable bonds is 0. The van der Waals surface area contributed by atoms with Gasteiger partial charge in [0, 0.05) is 0 Å². The first-order chi connectivity index (χ1) is 3.97. The molecule has 0 saturated heterocycles. The molecule has 1 aromatic heterocycles. The predicted molar refractivity (Wildman–Crippen MR) is 37.8 cm³/mol. The second-order valence-electron chi connectivity index (χ2n) is 1.61. The Morgan fingerprint density at radius 2 is 1.38 bits per heavy atom. The van der Waals surface area contributed by atoms with Crippen molar-refractivity contribution < 1.29 is 0 Å². The average Bonchev–Trinajstić information content (AvgIpc) is 1.72. The van der Waals surface area contributed by atoms with E-state index in [0.717, 1.165) is 25.3 Å². The Kier molecular flexibility index (Phi) is 1.20. The second kappa shape index (κ2) is 1.89. The van der Waals surface area contributed by atoms with Gasteiger partial charge in [-0.2, -0.15) is 0 Å². The van der Waals surface area contributed by atoms with E-state index in [1.807, 2.05) is 0 Å². The summed E-state index contributed by atoms with van der Waals surface area (Å²) >= 11 is 1.78. The fourth-order valence-electron chi connectivity index (χ4n) is 0.644. The molecule has 2 heteroatoms. The van der Waals surface area contributed by atoms with Crippen molar-refractivity contribution in [3.05, 3.63) is 24.3 Å². The van der Waals surface area contributed by atoms with Crippen molar-refractivity contribution in [1.29, 1.82) is 0 Å². The Hall–Kier alpha value is 0.259. The molecule has 0 atom stereocenters. The van der Waals surface area contributed by atoms with Gasteiger partial charge in [0.15, 0.2) is 0 Å². The zero-order chi connectivity index (χ0) is 5.40. The van der Waals surface area contributed by atoms with Gasteiger partial charge in [0.1, 0.15) is 0 Å². The molecule has 0 fully saturated rings. The Labute approximate surface area is 58.1 Å². The van der Waals surface area contributed by atoms with Gasteiger partial charge in [-0.25, -0.2) is 0 Å². The molecule has 40 valence electrons. The van der Waals surface area contributed by atoms with Crippen LogP contribution in [0.3, 0.4) is 0 Å². The molecule has 0 amide bonds. The van der Waals surface area contributed by atoms with Gasteiger partial charge < -0.3 is 0 Å². The topological polar surface area (TPSA) is 0 Å². The first kappa shape index (κ1) is 5.08. The average molecular weight is 234 g/mol. The van der Waals surface area contributed by atoms with Crippen molar-refractivity contribution in [2.45, 2.75) is 0 Å². The molecule has 0 aliphatic carbocycles. The summed E-state index contributed by atoms with van der Waals surface area (Å²) in [6.07, 6.45) is 0. The minimum absolute atomic E-state index is 0.892. The summed E-state index contributed by atoms with van der Waals surface area (Å²) in [4.78, 5) is 0. The van der Waals surface area contributed by atoms with Crippen LogP contribution in [-0.2, 0) is 0 Å². The zero-order valence-electron chi connectivity index (χ0n) is 4.13. The SMILES string of the molecule is c1ccc2[se][se]c2c1. The van der Waals surface area contributed by atoms with Crippen LogP contribution in [0.1, 0.15) is 0 Å². The van der Waals surface area contributed by atoms with Gasteiger partial charge in [-0.15, -0.1) is 0 Å². The number of hydrogen-bond acceptors (Lipinski definition) is 0.